The van der Waals surface area contributed by atoms with Crippen molar-refractivity contribution >= 4 is 11.9 Å². The van der Waals surface area contributed by atoms with Crippen molar-refractivity contribution < 1.29 is 24.6 Å². The monoisotopic (exact) mass is 335 g/mol. The summed E-state index contributed by atoms with van der Waals surface area (Å²) in [6.07, 6.45) is 3.86. The number of carbonyl (C=O) groups is 2. The van der Waals surface area contributed by atoms with Crippen LogP contribution in [0.3, 0.4) is 0 Å². The summed E-state index contributed by atoms with van der Waals surface area (Å²) in [5, 5.41) is 20.8. The highest BCUT2D eigenvalue weighted by Gasteiger charge is 2.25. The normalized spacial score (nSPS) is 10.3. The lowest BCUT2D eigenvalue weighted by molar-refractivity contribution is -0.132. The zero-order chi connectivity index (χ0) is 18.3. The van der Waals surface area contributed by atoms with E-state index in [2.05, 4.69) is 6.58 Å². The summed E-state index contributed by atoms with van der Waals surface area (Å²) in [5.74, 6) is -1.16. The molecule has 0 bridgehead atoms. The molecule has 0 aliphatic heterocycles. The first-order chi connectivity index (χ1) is 11.4. The maximum atomic E-state index is 12.4. The molecular formula is C18H25NO5. The molecule has 0 aromatic heterocycles. The summed E-state index contributed by atoms with van der Waals surface area (Å²) in [5.41, 5.74) is 1.06. The van der Waals surface area contributed by atoms with Gasteiger partial charge in [-0.1, -0.05) is 32.8 Å². The number of hydrogen-bond donors (Lipinski definition) is 2. The number of hydroxylamine groups is 2. The fraction of sp³-hybridized carbons (Fsp3) is 0.444. The number of esters is 1. The molecular weight excluding hydrogens is 310 g/mol. The Hall–Kier alpha value is -2.34. The van der Waals surface area contributed by atoms with E-state index in [1.165, 1.54) is 19.1 Å². The first kappa shape index (κ1) is 19.7. The number of hydrogen-bond acceptors (Lipinski definition) is 5. The molecule has 2 N–H and O–H groups in total. The van der Waals surface area contributed by atoms with E-state index in [1.54, 1.807) is 0 Å². The molecule has 0 aliphatic carbocycles. The zero-order valence-electron chi connectivity index (χ0n) is 14.5. The molecule has 24 heavy (non-hydrogen) atoms. The maximum Gasteiger partial charge on any atom is 0.308 e. The second-order valence-corrected chi connectivity index (χ2v) is 5.51. The second kappa shape index (κ2) is 9.08. The van der Waals surface area contributed by atoms with E-state index in [0.29, 0.717) is 41.2 Å². The molecule has 0 radical (unpaired) electrons. The first-order valence-corrected chi connectivity index (χ1v) is 8.05. The molecule has 6 heteroatoms. The van der Waals surface area contributed by atoms with Crippen LogP contribution in [0.25, 0.3) is 0 Å². The van der Waals surface area contributed by atoms with Gasteiger partial charge >= 0.3 is 5.97 Å². The van der Waals surface area contributed by atoms with Crippen molar-refractivity contribution in [2.45, 2.75) is 46.5 Å². The van der Waals surface area contributed by atoms with Gasteiger partial charge in [0.25, 0.3) is 5.91 Å². The number of benzene rings is 1. The van der Waals surface area contributed by atoms with Crippen LogP contribution in [0.2, 0.25) is 0 Å². The highest BCUT2D eigenvalue weighted by Crippen LogP contribution is 2.37. The van der Waals surface area contributed by atoms with Crippen LogP contribution >= 0.6 is 0 Å². The summed E-state index contributed by atoms with van der Waals surface area (Å²) < 4.78 is 5.30. The molecule has 6 nitrogen and oxygen atoms in total. The number of amides is 1. The van der Waals surface area contributed by atoms with Gasteiger partial charge in [0.15, 0.2) is 0 Å². The molecule has 0 saturated carbocycles. The Morgan fingerprint density at radius 3 is 2.42 bits per heavy atom. The third-order valence-corrected chi connectivity index (χ3v) is 3.46. The largest absolute Gasteiger partial charge is 0.507 e. The van der Waals surface area contributed by atoms with E-state index >= 15 is 0 Å². The van der Waals surface area contributed by atoms with Crippen molar-refractivity contribution in [1.29, 1.82) is 0 Å². The topological polar surface area (TPSA) is 87.1 Å². The molecule has 0 heterocycles. The molecule has 1 aromatic carbocycles. The Kier molecular flexibility index (Phi) is 7.45. The van der Waals surface area contributed by atoms with E-state index < -0.39 is 11.9 Å². The summed E-state index contributed by atoms with van der Waals surface area (Å²) >= 11 is 0. The molecule has 0 aliphatic rings. The van der Waals surface area contributed by atoms with E-state index in [1.807, 2.05) is 13.8 Å². The van der Waals surface area contributed by atoms with Crippen molar-refractivity contribution in [1.82, 2.24) is 5.06 Å². The first-order valence-electron chi connectivity index (χ1n) is 8.05. The quantitative estimate of drug-likeness (QED) is 0.250. The highest BCUT2D eigenvalue weighted by molar-refractivity contribution is 5.97. The smallest absolute Gasteiger partial charge is 0.308 e. The van der Waals surface area contributed by atoms with Crippen LogP contribution in [-0.4, -0.2) is 33.8 Å². The van der Waals surface area contributed by atoms with Gasteiger partial charge in [0.05, 0.1) is 12.1 Å². The standard InChI is InChI=1S/C18H25NO5/c1-5-8-13-11-15(18(22)19(23)10-7-3)16(21)14(9-6-2)17(13)24-12(4)20/h7,11,21,23H,3,5-6,8-10H2,1-2,4H3. The predicted octanol–water partition coefficient (Wildman–Crippen LogP) is 3.24. The number of carbonyl (C=O) groups excluding carboxylic acids is 2. The van der Waals surface area contributed by atoms with Crippen LogP contribution in [0.4, 0.5) is 0 Å². The average molecular weight is 335 g/mol. The number of aromatic hydroxyl groups is 1. The van der Waals surface area contributed by atoms with Crippen molar-refractivity contribution in [3.63, 3.8) is 0 Å². The van der Waals surface area contributed by atoms with Gasteiger partial charge in [-0.2, -0.15) is 0 Å². The lowest BCUT2D eigenvalue weighted by Crippen LogP contribution is -2.28. The molecule has 0 unspecified atom stereocenters. The van der Waals surface area contributed by atoms with E-state index in [0.717, 1.165) is 6.42 Å². The Balaban J connectivity index is 3.53. The molecule has 0 fully saturated rings. The van der Waals surface area contributed by atoms with Crippen molar-refractivity contribution in [3.05, 3.63) is 35.4 Å². The van der Waals surface area contributed by atoms with Crippen molar-refractivity contribution in [3.8, 4) is 11.5 Å². The Morgan fingerprint density at radius 2 is 1.92 bits per heavy atom. The van der Waals surface area contributed by atoms with Crippen molar-refractivity contribution in [2.75, 3.05) is 6.54 Å². The Labute approximate surface area is 142 Å². The molecule has 1 rings (SSSR count). The van der Waals surface area contributed by atoms with Crippen LogP contribution in [0, 0.1) is 0 Å². The van der Waals surface area contributed by atoms with Gasteiger partial charge in [0, 0.05) is 12.5 Å². The summed E-state index contributed by atoms with van der Waals surface area (Å²) in [7, 11) is 0. The lowest BCUT2D eigenvalue weighted by atomic mass is 9.96. The van der Waals surface area contributed by atoms with Gasteiger partial charge in [0.1, 0.15) is 11.5 Å². The highest BCUT2D eigenvalue weighted by atomic mass is 16.5. The molecule has 1 aromatic rings. The van der Waals surface area contributed by atoms with Gasteiger partial charge in [-0.25, -0.2) is 5.06 Å². The molecule has 0 atom stereocenters. The fourth-order valence-electron chi connectivity index (χ4n) is 2.49. The van der Waals surface area contributed by atoms with Crippen LogP contribution in [0.15, 0.2) is 18.7 Å². The number of phenols is 1. The third-order valence-electron chi connectivity index (χ3n) is 3.46. The summed E-state index contributed by atoms with van der Waals surface area (Å²) in [4.78, 5) is 23.8. The summed E-state index contributed by atoms with van der Waals surface area (Å²) in [6, 6.07) is 1.48. The number of nitrogens with zero attached hydrogens (tertiary/aromatic N) is 1. The third kappa shape index (κ3) is 4.58. The van der Waals surface area contributed by atoms with Gasteiger partial charge in [-0.15, -0.1) is 6.58 Å². The lowest BCUT2D eigenvalue weighted by Gasteiger charge is -2.20. The van der Waals surface area contributed by atoms with Gasteiger partial charge < -0.3 is 9.84 Å². The summed E-state index contributed by atoms with van der Waals surface area (Å²) in [6.45, 7) is 8.58. The minimum Gasteiger partial charge on any atom is -0.507 e. The maximum absolute atomic E-state index is 12.4. The van der Waals surface area contributed by atoms with Crippen LogP contribution in [0.5, 0.6) is 11.5 Å². The van der Waals surface area contributed by atoms with E-state index in [-0.39, 0.29) is 17.9 Å². The van der Waals surface area contributed by atoms with Gasteiger partial charge in [0.2, 0.25) is 0 Å². The Bertz CT molecular complexity index is 624. The number of phenolic OH excluding ortho intramolecular Hbond substituents is 1. The zero-order valence-corrected chi connectivity index (χ0v) is 14.5. The minimum atomic E-state index is -0.725. The molecule has 0 saturated heterocycles. The van der Waals surface area contributed by atoms with Crippen LogP contribution in [-0.2, 0) is 17.6 Å². The van der Waals surface area contributed by atoms with Crippen molar-refractivity contribution in [2.24, 2.45) is 0 Å². The number of ether oxygens (including phenoxy) is 1. The molecule has 1 amide bonds. The van der Waals surface area contributed by atoms with E-state index in [9.17, 15) is 19.9 Å². The predicted molar refractivity (Wildman–Crippen MR) is 90.4 cm³/mol. The number of rotatable bonds is 8. The van der Waals surface area contributed by atoms with Crippen LogP contribution in [0.1, 0.15) is 55.1 Å². The second-order valence-electron chi connectivity index (χ2n) is 5.51. The fourth-order valence-corrected chi connectivity index (χ4v) is 2.49. The van der Waals surface area contributed by atoms with E-state index in [4.69, 9.17) is 4.74 Å². The molecule has 0 spiro atoms. The van der Waals surface area contributed by atoms with Gasteiger partial charge in [-0.3, -0.25) is 14.8 Å². The Morgan fingerprint density at radius 1 is 1.29 bits per heavy atom. The SMILES string of the molecule is C=CCN(O)C(=O)c1cc(CCC)c(OC(C)=O)c(CCC)c1O. The average Bonchev–Trinajstić information content (AvgIpc) is 2.52. The van der Waals surface area contributed by atoms with Gasteiger partial charge in [-0.05, 0) is 24.5 Å². The molecule has 132 valence electrons. The van der Waals surface area contributed by atoms with Crippen LogP contribution < -0.4 is 4.74 Å². The minimum absolute atomic E-state index is 0.0119. The number of aryl methyl sites for hydroxylation is 1.